The van der Waals surface area contributed by atoms with E-state index in [0.29, 0.717) is 67.3 Å². The van der Waals surface area contributed by atoms with Crippen molar-refractivity contribution in [3.8, 4) is 11.5 Å². The molecule has 4 amide bonds. The first-order chi connectivity index (χ1) is 31.7. The molecule has 0 spiro atoms. The maximum Gasteiger partial charge on any atom is 3.00 e. The number of carbonyl (C=O) groups excluding carboxylic acids is 3. The van der Waals surface area contributed by atoms with Crippen molar-refractivity contribution in [1.82, 2.24) is 31.1 Å². The molecule has 0 aliphatic heterocycles. The molecular weight excluding hydrogens is 952 g/mol. The minimum atomic E-state index is -1.52. The third-order valence-corrected chi connectivity index (χ3v) is 10.3. The molecular formula is C44H62GaN6O17+3. The zero-order valence-electron chi connectivity index (χ0n) is 37.7. The van der Waals surface area contributed by atoms with Crippen LogP contribution in [0.1, 0.15) is 92.9 Å². The molecule has 0 aliphatic carbocycles. The van der Waals surface area contributed by atoms with Crippen LogP contribution in [0.4, 0.5) is 4.79 Å². The number of nitrogens with zero attached hydrogens (tertiary/aromatic N) is 2. The topological polar surface area (TPSA) is 370 Å². The molecule has 2 aromatic carbocycles. The van der Waals surface area contributed by atoms with Gasteiger partial charge in [-0.05, 0) is 74.6 Å². The van der Waals surface area contributed by atoms with Crippen molar-refractivity contribution < 1.29 is 84.0 Å². The Bertz CT molecular complexity index is 2020. The van der Waals surface area contributed by atoms with Gasteiger partial charge in [-0.25, -0.2) is 14.4 Å². The number of hydrogen-bond acceptors (Lipinski definition) is 13. The predicted molar refractivity (Wildman–Crippen MR) is 242 cm³/mol. The molecule has 370 valence electrons. The van der Waals surface area contributed by atoms with Crippen molar-refractivity contribution in [2.45, 2.75) is 109 Å². The van der Waals surface area contributed by atoms with E-state index >= 15 is 0 Å². The van der Waals surface area contributed by atoms with Gasteiger partial charge in [0, 0.05) is 76.1 Å². The van der Waals surface area contributed by atoms with Gasteiger partial charge in [0.25, 0.3) is 0 Å². The third kappa shape index (κ3) is 26.1. The van der Waals surface area contributed by atoms with Gasteiger partial charge in [0.1, 0.15) is 23.6 Å². The first kappa shape index (κ1) is 59.6. The van der Waals surface area contributed by atoms with E-state index in [-0.39, 0.29) is 114 Å². The molecule has 0 fully saturated rings. The molecule has 0 unspecified atom stereocenters. The van der Waals surface area contributed by atoms with E-state index < -0.39 is 73.4 Å². The fourth-order valence-corrected chi connectivity index (χ4v) is 6.76. The van der Waals surface area contributed by atoms with Gasteiger partial charge in [0.05, 0.1) is 13.1 Å². The number of carboxylic acids is 6. The number of urea groups is 1. The van der Waals surface area contributed by atoms with Gasteiger partial charge in [-0.15, -0.1) is 0 Å². The minimum Gasteiger partial charge on any atom is -0.508 e. The summed E-state index contributed by atoms with van der Waals surface area (Å²) < 4.78 is 0. The van der Waals surface area contributed by atoms with Crippen molar-refractivity contribution in [2.75, 3.05) is 39.3 Å². The Hall–Kier alpha value is -6.37. The van der Waals surface area contributed by atoms with E-state index in [2.05, 4.69) is 21.3 Å². The molecule has 0 bridgehead atoms. The molecule has 23 nitrogen and oxygen atoms in total. The van der Waals surface area contributed by atoms with E-state index in [4.69, 9.17) is 15.3 Å². The van der Waals surface area contributed by atoms with Gasteiger partial charge >= 0.3 is 61.6 Å². The van der Waals surface area contributed by atoms with Crippen LogP contribution in [-0.4, -0.2) is 175 Å². The summed E-state index contributed by atoms with van der Waals surface area (Å²) in [6, 6.07) is 5.41. The number of benzene rings is 2. The summed E-state index contributed by atoms with van der Waals surface area (Å²) in [5.41, 5.74) is 2.12. The summed E-state index contributed by atoms with van der Waals surface area (Å²) in [6.07, 6.45) is 2.33. The van der Waals surface area contributed by atoms with Gasteiger partial charge in [0.2, 0.25) is 11.8 Å². The molecule has 2 atom stereocenters. The molecule has 2 rings (SSSR count). The Morgan fingerprint density at radius 3 is 1.40 bits per heavy atom. The average Bonchev–Trinajstić information content (AvgIpc) is 3.24. The smallest absolute Gasteiger partial charge is 0.508 e. The third-order valence-electron chi connectivity index (χ3n) is 10.3. The number of phenols is 2. The van der Waals surface area contributed by atoms with E-state index in [9.17, 15) is 68.7 Å². The number of amides is 4. The van der Waals surface area contributed by atoms with Crippen molar-refractivity contribution in [2.24, 2.45) is 0 Å². The van der Waals surface area contributed by atoms with Crippen molar-refractivity contribution in [3.05, 3.63) is 58.7 Å². The van der Waals surface area contributed by atoms with Gasteiger partial charge in [-0.1, -0.05) is 30.7 Å². The average molecular weight is 1010 g/mol. The molecule has 0 aliphatic rings. The number of rotatable bonds is 35. The predicted octanol–water partition coefficient (Wildman–Crippen LogP) is 1.17. The standard InChI is InChI=1S/C44H62N6O17.Ga/c51-34-13-8-28(22-30(34)24-49(26-40(59)60)20-21-50(27-41(61)62)25-31-23-29(9-14-35(31)52)11-16-38(55)56)10-15-37(54)46-18-4-1-2-7-36(53)45-19-5-3-6-32(42(63)64)47-44(67)48-33(43(65)66)12-17-39(57)58;/h8-9,13-14,22-23,32-33,51-52H,1-7,10-12,15-21,24-27H2,(H,45,53)(H,46,54)(H,55,56)(H,57,58)(H,59,60)(H,61,62)(H,63,64)(H,65,66)(H2,47,48,67);/q;+3/t32-,33-;/m0./s1/i;1-2. The summed E-state index contributed by atoms with van der Waals surface area (Å²) in [6.45, 7) is -0.139. The van der Waals surface area contributed by atoms with Gasteiger partial charge < -0.3 is 62.1 Å². The number of aliphatic carboxylic acids is 6. The molecule has 24 heteroatoms. The molecule has 0 saturated heterocycles. The summed E-state index contributed by atoms with van der Waals surface area (Å²) in [7, 11) is 0. The molecule has 2 aromatic rings. The SMILES string of the molecule is O=C(O)CCc1ccc(O)c(CN(CCN(CC(=O)O)Cc2cc(CCC(=O)NCCCCCC(=O)NCCCC[C@H](NC(=O)N[C@@H](CCC(=O)O)C(=O)O)C(=O)O)ccc2O)CC(=O)O)c1.[68Ga+3]. The van der Waals surface area contributed by atoms with Crippen molar-refractivity contribution in [3.63, 3.8) is 0 Å². The second-order valence-corrected chi connectivity index (χ2v) is 15.9. The summed E-state index contributed by atoms with van der Waals surface area (Å²) in [5.74, 6) is -8.02. The zero-order valence-corrected chi connectivity index (χ0v) is 40.1. The molecule has 0 aromatic heterocycles. The van der Waals surface area contributed by atoms with Crippen molar-refractivity contribution in [1.29, 1.82) is 0 Å². The Labute approximate surface area is 405 Å². The van der Waals surface area contributed by atoms with Crippen LogP contribution in [0.2, 0.25) is 0 Å². The zero-order chi connectivity index (χ0) is 49.9. The van der Waals surface area contributed by atoms with E-state index in [0.717, 1.165) is 0 Å². The van der Waals surface area contributed by atoms with Crippen LogP contribution >= 0.6 is 0 Å². The van der Waals surface area contributed by atoms with Crippen LogP contribution in [0.5, 0.6) is 11.5 Å². The Morgan fingerprint density at radius 1 is 0.500 bits per heavy atom. The number of aryl methyl sites for hydroxylation is 2. The number of unbranched alkanes of at least 4 members (excludes halogenated alkanes) is 3. The van der Waals surface area contributed by atoms with Crippen LogP contribution in [0.25, 0.3) is 0 Å². The first-order valence-corrected chi connectivity index (χ1v) is 21.7. The number of carboxylic acid groups (broad SMARTS) is 6. The summed E-state index contributed by atoms with van der Waals surface area (Å²) in [4.78, 5) is 108. The van der Waals surface area contributed by atoms with E-state index in [1.807, 2.05) is 0 Å². The minimum absolute atomic E-state index is 0. The van der Waals surface area contributed by atoms with Crippen LogP contribution in [0.15, 0.2) is 36.4 Å². The number of hydrogen-bond donors (Lipinski definition) is 12. The van der Waals surface area contributed by atoms with Gasteiger partial charge in [-0.3, -0.25) is 38.6 Å². The fourth-order valence-electron chi connectivity index (χ4n) is 6.76. The monoisotopic (exact) mass is 1010 g/mol. The van der Waals surface area contributed by atoms with Crippen LogP contribution < -0.4 is 21.3 Å². The van der Waals surface area contributed by atoms with Crippen LogP contribution in [0.3, 0.4) is 0 Å². The second-order valence-electron chi connectivity index (χ2n) is 15.9. The maximum atomic E-state index is 12.6. The normalized spacial score (nSPS) is 11.7. The van der Waals surface area contributed by atoms with Crippen molar-refractivity contribution >= 4 is 73.5 Å². The first-order valence-electron chi connectivity index (χ1n) is 21.7. The van der Waals surface area contributed by atoms with Gasteiger partial charge in [0.15, 0.2) is 0 Å². The quantitative estimate of drug-likeness (QED) is 0.0341. The summed E-state index contributed by atoms with van der Waals surface area (Å²) in [5, 5.41) is 86.4. The van der Waals surface area contributed by atoms with Crippen LogP contribution in [-0.2, 0) is 64.3 Å². The van der Waals surface area contributed by atoms with E-state index in [1.54, 1.807) is 24.3 Å². The molecule has 0 saturated carbocycles. The number of nitrogens with one attached hydrogen (secondary N) is 4. The van der Waals surface area contributed by atoms with E-state index in [1.165, 1.54) is 21.9 Å². The number of phenolic OH excluding ortho intramolecular Hbond substituents is 2. The van der Waals surface area contributed by atoms with Crippen LogP contribution in [0, 0.1) is 0 Å². The second kappa shape index (κ2) is 32.4. The molecule has 0 radical (unpaired) electrons. The Morgan fingerprint density at radius 2 is 0.941 bits per heavy atom. The fraction of sp³-hybridized carbons (Fsp3) is 0.523. The number of carbonyl (C=O) groups is 9. The van der Waals surface area contributed by atoms with Gasteiger partial charge in [-0.2, -0.15) is 0 Å². The molecule has 0 heterocycles. The Kier molecular flexibility index (Phi) is 28.4. The molecule has 68 heavy (non-hydrogen) atoms. The largest absolute Gasteiger partial charge is 3.00 e. The molecule has 12 N–H and O–H groups in total. The number of aromatic hydroxyl groups is 2. The Balaban J connectivity index is 0.0000231. The maximum absolute atomic E-state index is 12.6. The summed E-state index contributed by atoms with van der Waals surface area (Å²) >= 11 is 0.